The van der Waals surface area contributed by atoms with E-state index in [0.29, 0.717) is 17.9 Å². The van der Waals surface area contributed by atoms with E-state index >= 15 is 0 Å². The van der Waals surface area contributed by atoms with Crippen LogP contribution in [0.3, 0.4) is 0 Å². The molecule has 1 fully saturated rings. The highest BCUT2D eigenvalue weighted by atomic mass is 16.5. The molecule has 7 nitrogen and oxygen atoms in total. The van der Waals surface area contributed by atoms with Crippen molar-refractivity contribution < 1.29 is 19.4 Å². The molecule has 1 aromatic heterocycles. The molecule has 0 aliphatic heterocycles. The summed E-state index contributed by atoms with van der Waals surface area (Å²) >= 11 is 0. The molecular formula is C27H27N3O4. The lowest BCUT2D eigenvalue weighted by atomic mass is 9.82. The van der Waals surface area contributed by atoms with Gasteiger partial charge in [-0.3, -0.25) is 14.3 Å². The third kappa shape index (κ3) is 4.09. The molecule has 0 unspecified atom stereocenters. The second-order valence-corrected chi connectivity index (χ2v) is 9.09. The molecule has 0 radical (unpaired) electrons. The number of anilines is 1. The minimum atomic E-state index is -0.904. The second-order valence-electron chi connectivity index (χ2n) is 9.09. The average Bonchev–Trinajstić information content (AvgIpc) is 3.50. The number of hydrogen-bond acceptors (Lipinski definition) is 4. The smallest absolute Gasteiger partial charge is 0.307 e. The van der Waals surface area contributed by atoms with Crippen LogP contribution >= 0.6 is 0 Å². The van der Waals surface area contributed by atoms with E-state index in [9.17, 15) is 14.7 Å². The summed E-state index contributed by atoms with van der Waals surface area (Å²) in [5, 5.41) is 17.3. The van der Waals surface area contributed by atoms with E-state index in [2.05, 4.69) is 10.4 Å². The van der Waals surface area contributed by atoms with Crippen LogP contribution in [-0.4, -0.2) is 26.8 Å². The average molecular weight is 458 g/mol. The number of carboxylic acids is 1. The van der Waals surface area contributed by atoms with Gasteiger partial charge in [-0.1, -0.05) is 42.5 Å². The fourth-order valence-electron chi connectivity index (χ4n) is 5.26. The molecule has 5 rings (SSSR count). The van der Waals surface area contributed by atoms with Gasteiger partial charge in [-0.25, -0.2) is 0 Å². The highest BCUT2D eigenvalue weighted by Crippen LogP contribution is 2.48. The number of carbonyl (C=O) groups excluding carboxylic acids is 1. The number of fused-ring (bicyclic) bond motifs is 2. The van der Waals surface area contributed by atoms with Crippen LogP contribution in [-0.2, 0) is 16.1 Å². The molecule has 2 aliphatic carbocycles. The summed E-state index contributed by atoms with van der Waals surface area (Å²) in [5.74, 6) is -0.942. The highest BCUT2D eigenvalue weighted by Gasteiger charge is 2.51. The monoisotopic (exact) mass is 457 g/mol. The topological polar surface area (TPSA) is 93.5 Å². The number of benzene rings is 2. The number of hydrogen-bond donors (Lipinski definition) is 2. The van der Waals surface area contributed by atoms with Gasteiger partial charge in [0.2, 0.25) is 5.91 Å². The number of rotatable bonds is 7. The van der Waals surface area contributed by atoms with Gasteiger partial charge < -0.3 is 15.2 Å². The number of allylic oxidation sites excluding steroid dienone is 2. The predicted octanol–water partition coefficient (Wildman–Crippen LogP) is 4.80. The first-order chi connectivity index (χ1) is 16.4. The maximum atomic E-state index is 13.1. The lowest BCUT2D eigenvalue weighted by Crippen LogP contribution is -2.36. The van der Waals surface area contributed by atoms with Gasteiger partial charge in [-0.15, -0.1) is 0 Å². The highest BCUT2D eigenvalue weighted by molar-refractivity contribution is 5.97. The first-order valence-corrected chi connectivity index (χ1v) is 11.5. The van der Waals surface area contributed by atoms with Gasteiger partial charge >= 0.3 is 5.97 Å². The number of amides is 1. The third-order valence-corrected chi connectivity index (χ3v) is 6.89. The molecule has 1 amide bonds. The molecule has 0 saturated heterocycles. The van der Waals surface area contributed by atoms with Crippen LogP contribution in [0.4, 0.5) is 5.69 Å². The van der Waals surface area contributed by atoms with E-state index in [0.717, 1.165) is 29.2 Å². The number of aliphatic carboxylic acids is 1. The Morgan fingerprint density at radius 3 is 2.47 bits per heavy atom. The molecule has 3 aromatic rings. The van der Waals surface area contributed by atoms with E-state index in [1.54, 1.807) is 0 Å². The van der Waals surface area contributed by atoms with Crippen LogP contribution in [0.25, 0.3) is 0 Å². The van der Waals surface area contributed by atoms with Crippen molar-refractivity contribution in [2.75, 3.05) is 5.32 Å². The van der Waals surface area contributed by atoms with E-state index in [1.807, 2.05) is 85.3 Å². The van der Waals surface area contributed by atoms with Gasteiger partial charge in [0.25, 0.3) is 0 Å². The number of ether oxygens (including phenoxy) is 1. The number of nitrogens with one attached hydrogen (secondary N) is 1. The van der Waals surface area contributed by atoms with Gasteiger partial charge in [0.15, 0.2) is 0 Å². The number of carboxylic acid groups (broad SMARTS) is 1. The summed E-state index contributed by atoms with van der Waals surface area (Å²) in [6.07, 6.45) is 4.66. The molecule has 2 N–H and O–H groups in total. The lowest BCUT2D eigenvalue weighted by molar-refractivity contribution is -0.146. The Balaban J connectivity index is 1.32. The van der Waals surface area contributed by atoms with Crippen LogP contribution in [0, 0.1) is 37.5 Å². The summed E-state index contributed by atoms with van der Waals surface area (Å²) in [6.45, 7) is 4.28. The molecule has 1 saturated carbocycles. The molecule has 1 heterocycles. The summed E-state index contributed by atoms with van der Waals surface area (Å²) in [7, 11) is 0. The first-order valence-electron chi connectivity index (χ1n) is 11.5. The van der Waals surface area contributed by atoms with E-state index < -0.39 is 17.8 Å². The van der Waals surface area contributed by atoms with E-state index in [1.165, 1.54) is 0 Å². The Kier molecular flexibility index (Phi) is 5.69. The fourth-order valence-corrected chi connectivity index (χ4v) is 5.26. The number of para-hydroxylation sites is 1. The summed E-state index contributed by atoms with van der Waals surface area (Å²) in [4.78, 5) is 25.0. The van der Waals surface area contributed by atoms with Crippen molar-refractivity contribution in [3.8, 4) is 11.5 Å². The number of nitrogens with zero attached hydrogens (tertiary/aromatic N) is 2. The molecule has 2 aliphatic rings. The molecule has 2 bridgehead atoms. The summed E-state index contributed by atoms with van der Waals surface area (Å²) in [5.41, 5.74) is 3.19. The third-order valence-electron chi connectivity index (χ3n) is 6.89. The van der Waals surface area contributed by atoms with Gasteiger partial charge in [-0.05, 0) is 61.9 Å². The van der Waals surface area contributed by atoms with Crippen molar-refractivity contribution >= 4 is 17.6 Å². The zero-order chi connectivity index (χ0) is 23.8. The van der Waals surface area contributed by atoms with E-state index in [-0.39, 0.29) is 17.7 Å². The maximum absolute atomic E-state index is 13.1. The molecule has 7 heteroatoms. The van der Waals surface area contributed by atoms with Crippen molar-refractivity contribution in [3.63, 3.8) is 0 Å². The molecular weight excluding hydrogens is 430 g/mol. The van der Waals surface area contributed by atoms with Crippen LogP contribution in [0.15, 0.2) is 66.7 Å². The molecule has 2 aromatic carbocycles. The van der Waals surface area contributed by atoms with Crippen molar-refractivity contribution in [3.05, 3.63) is 83.7 Å². The standard InChI is InChI=1S/C27H27N3O4/c1-16-25(28-26(31)23-19-11-12-20(14-19)24(23)27(32)33)17(2)30(29-16)15-18-7-6-10-22(13-18)34-21-8-4-3-5-9-21/h3-13,19-20,23-24H,14-15H2,1-2H3,(H,28,31)(H,32,33)/t19-,20-,23-,24+/m0/s1. The Hall–Kier alpha value is -3.87. The number of aromatic nitrogens is 2. The quantitative estimate of drug-likeness (QED) is 0.497. The Bertz CT molecular complexity index is 1260. The van der Waals surface area contributed by atoms with Crippen molar-refractivity contribution in [1.82, 2.24) is 9.78 Å². The molecule has 4 atom stereocenters. The van der Waals surface area contributed by atoms with Crippen molar-refractivity contribution in [2.45, 2.75) is 26.8 Å². The van der Waals surface area contributed by atoms with Crippen LogP contribution in [0.2, 0.25) is 0 Å². The number of aryl methyl sites for hydroxylation is 1. The Labute approximate surface area is 198 Å². The van der Waals surface area contributed by atoms with Crippen LogP contribution in [0.5, 0.6) is 11.5 Å². The largest absolute Gasteiger partial charge is 0.481 e. The minimum Gasteiger partial charge on any atom is -0.481 e. The minimum absolute atomic E-state index is 0.0193. The van der Waals surface area contributed by atoms with Gasteiger partial charge in [-0.2, -0.15) is 5.10 Å². The number of carbonyl (C=O) groups is 2. The SMILES string of the molecule is Cc1nn(Cc2cccc(Oc3ccccc3)c2)c(C)c1NC(=O)[C@@H]1[C@H](C(=O)O)[C@H]2C=C[C@H]1C2. The molecule has 174 valence electrons. The first kappa shape index (κ1) is 21.9. The van der Waals surface area contributed by atoms with Crippen LogP contribution < -0.4 is 10.1 Å². The summed E-state index contributed by atoms with van der Waals surface area (Å²) in [6, 6.07) is 17.4. The molecule has 0 spiro atoms. The summed E-state index contributed by atoms with van der Waals surface area (Å²) < 4.78 is 7.79. The fraction of sp³-hybridized carbons (Fsp3) is 0.296. The van der Waals surface area contributed by atoms with Gasteiger partial charge in [0.05, 0.1) is 35.5 Å². The van der Waals surface area contributed by atoms with Crippen molar-refractivity contribution in [1.29, 1.82) is 0 Å². The van der Waals surface area contributed by atoms with Crippen molar-refractivity contribution in [2.24, 2.45) is 23.7 Å². The van der Waals surface area contributed by atoms with Gasteiger partial charge in [0.1, 0.15) is 11.5 Å². The van der Waals surface area contributed by atoms with E-state index in [4.69, 9.17) is 4.74 Å². The lowest BCUT2D eigenvalue weighted by Gasteiger charge is -2.23. The zero-order valence-corrected chi connectivity index (χ0v) is 19.1. The van der Waals surface area contributed by atoms with Crippen LogP contribution in [0.1, 0.15) is 23.4 Å². The predicted molar refractivity (Wildman–Crippen MR) is 128 cm³/mol. The Morgan fingerprint density at radius 1 is 1.03 bits per heavy atom. The Morgan fingerprint density at radius 2 is 1.74 bits per heavy atom. The molecule has 34 heavy (non-hydrogen) atoms. The zero-order valence-electron chi connectivity index (χ0n) is 19.1. The van der Waals surface area contributed by atoms with Gasteiger partial charge in [0, 0.05) is 0 Å². The maximum Gasteiger partial charge on any atom is 0.307 e. The second kappa shape index (κ2) is 8.82. The normalized spacial score (nSPS) is 22.6.